The predicted molar refractivity (Wildman–Crippen MR) is 131 cm³/mol. The topological polar surface area (TPSA) is 84.0 Å². The zero-order valence-electron chi connectivity index (χ0n) is 19.4. The van der Waals surface area contributed by atoms with E-state index >= 15 is 0 Å². The van der Waals surface area contributed by atoms with Crippen molar-refractivity contribution in [1.82, 2.24) is 0 Å². The first kappa shape index (κ1) is 23.3. The Labute approximate surface area is 208 Å². The molecule has 2 aromatic rings. The van der Waals surface area contributed by atoms with E-state index in [4.69, 9.17) is 16.3 Å². The van der Waals surface area contributed by atoms with Crippen LogP contribution in [0.2, 0.25) is 5.02 Å². The van der Waals surface area contributed by atoms with Crippen LogP contribution in [0.3, 0.4) is 0 Å². The Balaban J connectivity index is 1.31. The molecule has 1 aliphatic carbocycles. The summed E-state index contributed by atoms with van der Waals surface area (Å²) in [6.07, 6.45) is 4.51. The number of allylic oxidation sites excluding steroid dienone is 2. The number of benzene rings is 2. The molecule has 180 valence electrons. The van der Waals surface area contributed by atoms with Crippen LogP contribution in [-0.4, -0.2) is 30.2 Å². The summed E-state index contributed by atoms with van der Waals surface area (Å²) < 4.78 is 5.59. The molecule has 5 rings (SSSR count). The molecular weight excluding hydrogens is 468 g/mol. The quantitative estimate of drug-likeness (QED) is 0.275. The molecule has 2 aromatic carbocycles. The van der Waals surface area contributed by atoms with Gasteiger partial charge in [-0.15, -0.1) is 0 Å². The van der Waals surface area contributed by atoms with Crippen LogP contribution in [0.4, 0.5) is 11.4 Å². The number of nitrogens with zero attached hydrogens (tertiary/aromatic N) is 2. The fourth-order valence-electron chi connectivity index (χ4n) is 5.27. The summed E-state index contributed by atoms with van der Waals surface area (Å²) in [4.78, 5) is 54.4. The Morgan fingerprint density at radius 1 is 1.09 bits per heavy atom. The van der Waals surface area contributed by atoms with E-state index in [0.29, 0.717) is 22.8 Å². The highest BCUT2D eigenvalue weighted by molar-refractivity contribution is 6.31. The molecule has 2 fully saturated rings. The van der Waals surface area contributed by atoms with E-state index in [-0.39, 0.29) is 54.2 Å². The van der Waals surface area contributed by atoms with Crippen molar-refractivity contribution in [3.05, 3.63) is 65.2 Å². The summed E-state index contributed by atoms with van der Waals surface area (Å²) in [5.41, 5.74) is 1.83. The number of ether oxygens (including phenoxy) is 1. The van der Waals surface area contributed by atoms with Gasteiger partial charge < -0.3 is 9.64 Å². The standard InChI is InChI=1S/C27H25ClN2O5/c1-15-6-3-9-20-24(15)26(33)30(25(20)32)18-7-4-8-19(13-18)35-27(34)17-12-23(31)29(14-17)22-11-5-10-21(28)16(22)2/h3-8,10-11,13,15,17,20,24H,9,12,14H2,1-2H3/t15-,17+,20+,24-/m0/s1. The Morgan fingerprint density at radius 3 is 2.63 bits per heavy atom. The first-order chi connectivity index (χ1) is 16.8. The number of amides is 3. The summed E-state index contributed by atoms with van der Waals surface area (Å²) >= 11 is 6.20. The van der Waals surface area contributed by atoms with Gasteiger partial charge in [0.1, 0.15) is 5.75 Å². The third-order valence-corrected chi connectivity index (χ3v) is 7.56. The van der Waals surface area contributed by atoms with Gasteiger partial charge in [-0.05, 0) is 49.1 Å². The van der Waals surface area contributed by atoms with Crippen molar-refractivity contribution in [2.75, 3.05) is 16.3 Å². The van der Waals surface area contributed by atoms with Crippen LogP contribution >= 0.6 is 11.6 Å². The van der Waals surface area contributed by atoms with Crippen molar-refractivity contribution in [2.24, 2.45) is 23.7 Å². The Kier molecular flexibility index (Phi) is 5.97. The lowest BCUT2D eigenvalue weighted by molar-refractivity contribution is -0.139. The molecule has 0 aromatic heterocycles. The van der Waals surface area contributed by atoms with Crippen LogP contribution in [0, 0.1) is 30.6 Å². The average Bonchev–Trinajstić information content (AvgIpc) is 3.34. The number of rotatable bonds is 4. The van der Waals surface area contributed by atoms with Crippen molar-refractivity contribution >= 4 is 46.7 Å². The van der Waals surface area contributed by atoms with Gasteiger partial charge in [-0.3, -0.25) is 19.2 Å². The summed E-state index contributed by atoms with van der Waals surface area (Å²) in [5.74, 6) is -2.34. The molecule has 0 saturated carbocycles. The highest BCUT2D eigenvalue weighted by atomic mass is 35.5. The van der Waals surface area contributed by atoms with E-state index in [2.05, 4.69) is 0 Å². The summed E-state index contributed by atoms with van der Waals surface area (Å²) in [6.45, 7) is 3.96. The lowest BCUT2D eigenvalue weighted by atomic mass is 9.78. The van der Waals surface area contributed by atoms with Gasteiger partial charge in [-0.1, -0.05) is 42.8 Å². The van der Waals surface area contributed by atoms with Gasteiger partial charge in [-0.2, -0.15) is 0 Å². The Hall–Kier alpha value is -3.45. The third-order valence-electron chi connectivity index (χ3n) is 7.16. The first-order valence-corrected chi connectivity index (χ1v) is 12.1. The second-order valence-electron chi connectivity index (χ2n) is 9.37. The lowest BCUT2D eigenvalue weighted by Gasteiger charge is -2.22. The van der Waals surface area contributed by atoms with E-state index in [1.807, 2.05) is 26.0 Å². The smallest absolute Gasteiger partial charge is 0.316 e. The SMILES string of the molecule is Cc1c(Cl)cccc1N1C[C@H](C(=O)Oc2cccc(N3C(=O)[C@H]4[C@@H](C)C=CC[C@H]4C3=O)c2)CC1=O. The van der Waals surface area contributed by atoms with Gasteiger partial charge in [0.15, 0.2) is 0 Å². The number of carbonyl (C=O) groups is 4. The van der Waals surface area contributed by atoms with Crippen LogP contribution in [0.15, 0.2) is 54.6 Å². The summed E-state index contributed by atoms with van der Waals surface area (Å²) in [7, 11) is 0. The van der Waals surface area contributed by atoms with Crippen LogP contribution in [0.5, 0.6) is 5.75 Å². The van der Waals surface area contributed by atoms with Crippen molar-refractivity contribution < 1.29 is 23.9 Å². The average molecular weight is 493 g/mol. The second kappa shape index (κ2) is 8.96. The van der Waals surface area contributed by atoms with E-state index in [1.165, 1.54) is 11.0 Å². The molecule has 0 unspecified atom stereocenters. The van der Waals surface area contributed by atoms with Gasteiger partial charge in [0, 0.05) is 29.7 Å². The van der Waals surface area contributed by atoms with Crippen LogP contribution in [0.1, 0.15) is 25.3 Å². The van der Waals surface area contributed by atoms with Gasteiger partial charge in [0.25, 0.3) is 0 Å². The molecule has 0 bridgehead atoms. The molecule has 3 amide bonds. The van der Waals surface area contributed by atoms with E-state index < -0.39 is 11.9 Å². The molecule has 2 saturated heterocycles. The van der Waals surface area contributed by atoms with Crippen LogP contribution in [-0.2, 0) is 19.2 Å². The van der Waals surface area contributed by atoms with Crippen molar-refractivity contribution in [1.29, 1.82) is 0 Å². The number of halogens is 1. The van der Waals surface area contributed by atoms with Gasteiger partial charge in [0.05, 0.1) is 23.4 Å². The van der Waals surface area contributed by atoms with Gasteiger partial charge in [0.2, 0.25) is 17.7 Å². The van der Waals surface area contributed by atoms with E-state index in [9.17, 15) is 19.2 Å². The Morgan fingerprint density at radius 2 is 1.86 bits per heavy atom. The molecular formula is C27H25ClN2O5. The first-order valence-electron chi connectivity index (χ1n) is 11.7. The van der Waals surface area contributed by atoms with Gasteiger partial charge >= 0.3 is 5.97 Å². The molecule has 8 heteroatoms. The maximum absolute atomic E-state index is 13.1. The van der Waals surface area contributed by atoms with Crippen molar-refractivity contribution in [3.8, 4) is 5.75 Å². The highest BCUT2D eigenvalue weighted by Gasteiger charge is 2.50. The monoisotopic (exact) mass is 492 g/mol. The minimum atomic E-state index is -0.644. The van der Waals surface area contributed by atoms with Crippen LogP contribution in [0.25, 0.3) is 0 Å². The molecule has 2 heterocycles. The second-order valence-corrected chi connectivity index (χ2v) is 9.78. The number of esters is 1. The van der Waals surface area contributed by atoms with E-state index in [1.54, 1.807) is 41.3 Å². The molecule has 35 heavy (non-hydrogen) atoms. The van der Waals surface area contributed by atoms with Gasteiger partial charge in [-0.25, -0.2) is 4.90 Å². The molecule has 0 spiro atoms. The zero-order valence-corrected chi connectivity index (χ0v) is 20.2. The maximum Gasteiger partial charge on any atom is 0.316 e. The lowest BCUT2D eigenvalue weighted by Crippen LogP contribution is -2.31. The number of fused-ring (bicyclic) bond motifs is 1. The predicted octanol–water partition coefficient (Wildman–Crippen LogP) is 4.31. The normalized spacial score (nSPS) is 25.9. The fourth-order valence-corrected chi connectivity index (χ4v) is 5.44. The highest BCUT2D eigenvalue weighted by Crippen LogP contribution is 2.41. The minimum absolute atomic E-state index is 0.0119. The fraction of sp³-hybridized carbons (Fsp3) is 0.333. The number of hydrogen-bond acceptors (Lipinski definition) is 5. The zero-order chi connectivity index (χ0) is 24.9. The number of hydrogen-bond donors (Lipinski definition) is 0. The largest absolute Gasteiger partial charge is 0.426 e. The minimum Gasteiger partial charge on any atom is -0.426 e. The molecule has 2 aliphatic heterocycles. The number of anilines is 2. The molecule has 3 aliphatic rings. The molecule has 4 atom stereocenters. The van der Waals surface area contributed by atoms with Crippen molar-refractivity contribution in [3.63, 3.8) is 0 Å². The molecule has 0 radical (unpaired) electrons. The van der Waals surface area contributed by atoms with Crippen molar-refractivity contribution in [2.45, 2.75) is 26.7 Å². The Bertz CT molecular complexity index is 1270. The number of imide groups is 1. The summed E-state index contributed by atoms with van der Waals surface area (Å²) in [6, 6.07) is 11.7. The number of carbonyl (C=O) groups excluding carboxylic acids is 4. The van der Waals surface area contributed by atoms with Crippen LogP contribution < -0.4 is 14.5 Å². The maximum atomic E-state index is 13.1. The molecule has 0 N–H and O–H groups in total. The van der Waals surface area contributed by atoms with E-state index in [0.717, 1.165) is 5.56 Å². The summed E-state index contributed by atoms with van der Waals surface area (Å²) in [5, 5.41) is 0.550. The molecule has 7 nitrogen and oxygen atoms in total. The third kappa shape index (κ3) is 4.04.